The van der Waals surface area contributed by atoms with Gasteiger partial charge in [-0.1, -0.05) is 35.4 Å². The molecular formula is C16H25BrO. The monoisotopic (exact) mass is 312 g/mol. The second-order valence-electron chi connectivity index (χ2n) is 6.95. The Morgan fingerprint density at radius 3 is 2.94 bits per heavy atom. The fourth-order valence-corrected chi connectivity index (χ4v) is 5.48. The molecule has 18 heavy (non-hydrogen) atoms. The van der Waals surface area contributed by atoms with E-state index >= 15 is 0 Å². The molecule has 1 saturated heterocycles. The molecule has 2 aliphatic carbocycles. The minimum Gasteiger partial charge on any atom is -0.373 e. The summed E-state index contributed by atoms with van der Waals surface area (Å²) in [6.07, 6.45) is 8.86. The standard InChI is InChI=1S/C16H25BrO/c1-11(8-13-10-18-13)14-5-6-15-12(9-17)4-3-7-16(14,15)2/h9,11,13-15H,3-8,10H2,1-2H3/t11-,13?,14-,15?,16-/m1/s1. The highest BCUT2D eigenvalue weighted by Crippen LogP contribution is 2.60. The predicted octanol–water partition coefficient (Wildman–Crippen LogP) is 4.91. The molecule has 0 bridgehead atoms. The third-order valence-electron chi connectivity index (χ3n) is 5.90. The molecule has 5 atom stereocenters. The minimum atomic E-state index is 0.562. The number of epoxide rings is 1. The molecule has 0 spiro atoms. The lowest BCUT2D eigenvalue weighted by atomic mass is 9.61. The van der Waals surface area contributed by atoms with E-state index in [0.717, 1.165) is 24.4 Å². The lowest BCUT2D eigenvalue weighted by Gasteiger charge is -2.44. The Morgan fingerprint density at radius 2 is 2.28 bits per heavy atom. The summed E-state index contributed by atoms with van der Waals surface area (Å²) in [6, 6.07) is 0. The van der Waals surface area contributed by atoms with E-state index in [1.807, 2.05) is 0 Å². The van der Waals surface area contributed by atoms with Gasteiger partial charge in [0.2, 0.25) is 0 Å². The summed E-state index contributed by atoms with van der Waals surface area (Å²) in [4.78, 5) is 2.23. The number of hydrogen-bond donors (Lipinski definition) is 0. The lowest BCUT2D eigenvalue weighted by molar-refractivity contribution is 0.0911. The van der Waals surface area contributed by atoms with Crippen molar-refractivity contribution < 1.29 is 4.74 Å². The normalized spacial score (nSPS) is 47.1. The van der Waals surface area contributed by atoms with Gasteiger partial charge in [-0.25, -0.2) is 0 Å². The second kappa shape index (κ2) is 4.94. The van der Waals surface area contributed by atoms with Gasteiger partial charge in [-0.05, 0) is 66.7 Å². The van der Waals surface area contributed by atoms with Gasteiger partial charge in [-0.3, -0.25) is 0 Å². The molecule has 0 amide bonds. The average Bonchev–Trinajstić information content (AvgIpc) is 3.07. The maximum Gasteiger partial charge on any atom is 0.0812 e. The van der Waals surface area contributed by atoms with Gasteiger partial charge < -0.3 is 4.74 Å². The minimum absolute atomic E-state index is 0.562. The van der Waals surface area contributed by atoms with E-state index in [1.54, 1.807) is 5.57 Å². The first-order valence-corrected chi connectivity index (χ1v) is 8.47. The van der Waals surface area contributed by atoms with Gasteiger partial charge in [0, 0.05) is 0 Å². The van der Waals surface area contributed by atoms with Crippen molar-refractivity contribution >= 4 is 15.9 Å². The molecule has 102 valence electrons. The van der Waals surface area contributed by atoms with Gasteiger partial charge in [0.1, 0.15) is 0 Å². The van der Waals surface area contributed by atoms with Crippen LogP contribution in [-0.2, 0) is 4.74 Å². The van der Waals surface area contributed by atoms with Gasteiger partial charge in [0.15, 0.2) is 0 Å². The molecule has 1 heterocycles. The molecule has 1 nitrogen and oxygen atoms in total. The third kappa shape index (κ3) is 2.20. The number of ether oxygens (including phenoxy) is 1. The van der Waals surface area contributed by atoms with Gasteiger partial charge in [0.05, 0.1) is 12.7 Å². The van der Waals surface area contributed by atoms with Crippen molar-refractivity contribution in [2.45, 2.75) is 58.5 Å². The molecule has 1 aliphatic heterocycles. The molecule has 3 fully saturated rings. The topological polar surface area (TPSA) is 12.5 Å². The Balaban J connectivity index is 1.76. The molecule has 3 rings (SSSR count). The summed E-state index contributed by atoms with van der Waals surface area (Å²) in [7, 11) is 0. The first-order valence-electron chi connectivity index (χ1n) is 7.56. The molecule has 2 heteroatoms. The van der Waals surface area contributed by atoms with Crippen LogP contribution in [0, 0.1) is 23.2 Å². The van der Waals surface area contributed by atoms with Crippen LogP contribution in [-0.4, -0.2) is 12.7 Å². The van der Waals surface area contributed by atoms with Crippen molar-refractivity contribution in [1.29, 1.82) is 0 Å². The van der Waals surface area contributed by atoms with Crippen LogP contribution in [0.15, 0.2) is 10.6 Å². The number of halogens is 1. The van der Waals surface area contributed by atoms with Crippen LogP contribution in [0.2, 0.25) is 0 Å². The summed E-state index contributed by atoms with van der Waals surface area (Å²) < 4.78 is 5.43. The number of fused-ring (bicyclic) bond motifs is 1. The quantitative estimate of drug-likeness (QED) is 0.675. The predicted molar refractivity (Wildman–Crippen MR) is 78.7 cm³/mol. The highest BCUT2D eigenvalue weighted by Gasteiger charge is 2.51. The van der Waals surface area contributed by atoms with Crippen molar-refractivity contribution in [2.75, 3.05) is 6.61 Å². The number of rotatable bonds is 3. The van der Waals surface area contributed by atoms with Crippen molar-refractivity contribution in [3.05, 3.63) is 10.6 Å². The zero-order valence-electron chi connectivity index (χ0n) is 11.6. The van der Waals surface area contributed by atoms with Crippen LogP contribution in [0.4, 0.5) is 0 Å². The molecule has 0 aromatic rings. The van der Waals surface area contributed by atoms with E-state index in [0.29, 0.717) is 11.5 Å². The van der Waals surface area contributed by atoms with E-state index in [4.69, 9.17) is 4.74 Å². The zero-order valence-corrected chi connectivity index (χ0v) is 13.2. The SMILES string of the molecule is C[C@H](CC1CO1)[C@H]1CCC2C(=CBr)CCC[C@@]21C. The van der Waals surface area contributed by atoms with E-state index in [9.17, 15) is 0 Å². The molecule has 0 N–H and O–H groups in total. The second-order valence-corrected chi connectivity index (χ2v) is 7.41. The van der Waals surface area contributed by atoms with E-state index in [1.165, 1.54) is 38.5 Å². The van der Waals surface area contributed by atoms with Crippen LogP contribution in [0.3, 0.4) is 0 Å². The summed E-state index contributed by atoms with van der Waals surface area (Å²) in [5.41, 5.74) is 2.24. The smallest absolute Gasteiger partial charge is 0.0812 e. The summed E-state index contributed by atoms with van der Waals surface area (Å²) in [5, 5.41) is 0. The summed E-state index contributed by atoms with van der Waals surface area (Å²) in [6.45, 7) is 6.05. The van der Waals surface area contributed by atoms with Crippen LogP contribution in [0.25, 0.3) is 0 Å². The first-order chi connectivity index (χ1) is 8.65. The molecule has 2 unspecified atom stereocenters. The summed E-state index contributed by atoms with van der Waals surface area (Å²) in [5.74, 6) is 2.59. The first kappa shape index (κ1) is 13.2. The molecule has 0 radical (unpaired) electrons. The Morgan fingerprint density at radius 1 is 1.50 bits per heavy atom. The van der Waals surface area contributed by atoms with Crippen LogP contribution in [0.5, 0.6) is 0 Å². The zero-order chi connectivity index (χ0) is 12.8. The lowest BCUT2D eigenvalue weighted by Crippen LogP contribution is -2.36. The Bertz CT molecular complexity index is 347. The number of allylic oxidation sites excluding steroid dienone is 1. The van der Waals surface area contributed by atoms with E-state index in [-0.39, 0.29) is 0 Å². The maximum absolute atomic E-state index is 5.43. The molecular weight excluding hydrogens is 288 g/mol. The van der Waals surface area contributed by atoms with Crippen molar-refractivity contribution in [2.24, 2.45) is 23.2 Å². The van der Waals surface area contributed by atoms with Gasteiger partial charge in [0.25, 0.3) is 0 Å². The molecule has 0 aromatic heterocycles. The molecule has 2 saturated carbocycles. The third-order valence-corrected chi connectivity index (χ3v) is 6.49. The van der Waals surface area contributed by atoms with Gasteiger partial charge >= 0.3 is 0 Å². The van der Waals surface area contributed by atoms with Crippen molar-refractivity contribution in [3.8, 4) is 0 Å². The van der Waals surface area contributed by atoms with Crippen molar-refractivity contribution in [1.82, 2.24) is 0 Å². The highest BCUT2D eigenvalue weighted by molar-refractivity contribution is 9.11. The Kier molecular flexibility index (Phi) is 3.61. The van der Waals surface area contributed by atoms with Crippen molar-refractivity contribution in [3.63, 3.8) is 0 Å². The van der Waals surface area contributed by atoms with Gasteiger partial charge in [-0.15, -0.1) is 0 Å². The maximum atomic E-state index is 5.43. The molecule has 3 aliphatic rings. The van der Waals surface area contributed by atoms with Gasteiger partial charge in [-0.2, -0.15) is 0 Å². The number of hydrogen-bond acceptors (Lipinski definition) is 1. The molecule has 0 aromatic carbocycles. The summed E-state index contributed by atoms with van der Waals surface area (Å²) >= 11 is 3.60. The average molecular weight is 313 g/mol. The van der Waals surface area contributed by atoms with Crippen LogP contribution < -0.4 is 0 Å². The Labute approximate surface area is 119 Å². The fraction of sp³-hybridized carbons (Fsp3) is 0.875. The fourth-order valence-electron chi connectivity index (χ4n) is 4.93. The van der Waals surface area contributed by atoms with Crippen LogP contribution in [0.1, 0.15) is 52.4 Å². The van der Waals surface area contributed by atoms with Crippen LogP contribution >= 0.6 is 15.9 Å². The highest BCUT2D eigenvalue weighted by atomic mass is 79.9. The largest absolute Gasteiger partial charge is 0.373 e. The Hall–Kier alpha value is 0.180. The van der Waals surface area contributed by atoms with E-state index in [2.05, 4.69) is 34.8 Å². The van der Waals surface area contributed by atoms with E-state index < -0.39 is 0 Å².